The van der Waals surface area contributed by atoms with Gasteiger partial charge in [-0.3, -0.25) is 4.98 Å². The average Bonchev–Trinajstić information content (AvgIpc) is 2.56. The Morgan fingerprint density at radius 1 is 0.619 bits per heavy atom. The molecule has 1 nitrogen and oxygen atoms in total. The van der Waals surface area contributed by atoms with Crippen molar-refractivity contribution in [3.8, 4) is 11.1 Å². The van der Waals surface area contributed by atoms with Crippen molar-refractivity contribution in [3.63, 3.8) is 0 Å². The van der Waals surface area contributed by atoms with Crippen LogP contribution in [0, 0.1) is 6.92 Å². The van der Waals surface area contributed by atoms with Crippen LogP contribution in [0.2, 0.25) is 0 Å². The van der Waals surface area contributed by atoms with Crippen LogP contribution in [0.15, 0.2) is 73.1 Å². The summed E-state index contributed by atoms with van der Waals surface area (Å²) in [7, 11) is 0. The predicted octanol–water partition coefficient (Wildman–Crippen LogP) is 5.36. The lowest BCUT2D eigenvalue weighted by Crippen LogP contribution is -1.89. The Morgan fingerprint density at radius 2 is 1.10 bits per heavy atom. The maximum absolute atomic E-state index is 4.15. The van der Waals surface area contributed by atoms with E-state index in [9.17, 15) is 0 Å². The van der Waals surface area contributed by atoms with Crippen LogP contribution in [0.1, 0.15) is 5.56 Å². The van der Waals surface area contributed by atoms with Crippen LogP contribution in [-0.4, -0.2) is 4.98 Å². The molecule has 0 spiro atoms. The van der Waals surface area contributed by atoms with Gasteiger partial charge in [-0.2, -0.15) is 0 Å². The second-order valence-corrected chi connectivity index (χ2v) is 5.33. The lowest BCUT2D eigenvalue weighted by molar-refractivity contribution is 1.33. The number of rotatable bonds is 1. The minimum absolute atomic E-state index is 1.22. The number of pyridine rings is 1. The van der Waals surface area contributed by atoms with Crippen LogP contribution in [0.5, 0.6) is 0 Å². The zero-order valence-electron chi connectivity index (χ0n) is 11.9. The van der Waals surface area contributed by atoms with Crippen LogP contribution in [-0.2, 0) is 0 Å². The van der Waals surface area contributed by atoms with Gasteiger partial charge < -0.3 is 0 Å². The summed E-state index contributed by atoms with van der Waals surface area (Å²) in [6.45, 7) is 2.21. The van der Waals surface area contributed by atoms with Crippen molar-refractivity contribution in [2.45, 2.75) is 6.92 Å². The highest BCUT2D eigenvalue weighted by Gasteiger charge is 2.12. The van der Waals surface area contributed by atoms with E-state index in [1.165, 1.54) is 38.2 Å². The van der Waals surface area contributed by atoms with Gasteiger partial charge in [0.1, 0.15) is 0 Å². The van der Waals surface area contributed by atoms with Gasteiger partial charge in [-0.1, -0.05) is 48.5 Å². The smallest absolute Gasteiger partial charge is 0.0273 e. The first-order valence-electron chi connectivity index (χ1n) is 7.17. The van der Waals surface area contributed by atoms with E-state index >= 15 is 0 Å². The fraction of sp³-hybridized carbons (Fsp3) is 0.0500. The number of nitrogens with zero attached hydrogens (tertiary/aromatic N) is 1. The summed E-state index contributed by atoms with van der Waals surface area (Å²) in [5, 5.41) is 5.26. The normalized spacial score (nSPS) is 11.1. The molecule has 0 radical (unpaired) electrons. The monoisotopic (exact) mass is 269 g/mol. The van der Waals surface area contributed by atoms with E-state index in [1.807, 2.05) is 12.4 Å². The highest BCUT2D eigenvalue weighted by molar-refractivity contribution is 6.14. The Morgan fingerprint density at radius 3 is 1.62 bits per heavy atom. The Balaban J connectivity index is 2.28. The Bertz CT molecular complexity index is 883. The zero-order valence-corrected chi connectivity index (χ0v) is 11.9. The van der Waals surface area contributed by atoms with Gasteiger partial charge in [-0.25, -0.2) is 0 Å². The maximum atomic E-state index is 4.15. The molecule has 0 fully saturated rings. The fourth-order valence-corrected chi connectivity index (χ4v) is 3.18. The first-order valence-corrected chi connectivity index (χ1v) is 7.17. The summed E-state index contributed by atoms with van der Waals surface area (Å²) in [5.74, 6) is 0. The van der Waals surface area contributed by atoms with Crippen molar-refractivity contribution in [2.24, 2.45) is 0 Å². The van der Waals surface area contributed by atoms with Gasteiger partial charge >= 0.3 is 0 Å². The first-order chi connectivity index (χ1) is 10.4. The quantitative estimate of drug-likeness (QED) is 0.424. The largest absolute Gasteiger partial charge is 0.265 e. The van der Waals surface area contributed by atoms with Crippen molar-refractivity contribution in [1.82, 2.24) is 4.98 Å². The molecule has 1 aromatic heterocycles. The number of fused-ring (bicyclic) bond motifs is 2. The van der Waals surface area contributed by atoms with Crippen LogP contribution in [0.25, 0.3) is 32.7 Å². The molecule has 0 atom stereocenters. The molecule has 0 saturated carbocycles. The summed E-state index contributed by atoms with van der Waals surface area (Å²) in [6, 6.07) is 21.5. The highest BCUT2D eigenvalue weighted by atomic mass is 14.6. The van der Waals surface area contributed by atoms with E-state index < -0.39 is 0 Å². The second kappa shape index (κ2) is 4.71. The lowest BCUT2D eigenvalue weighted by atomic mass is 9.89. The number of aryl methyl sites for hydroxylation is 1. The molecular weight excluding hydrogens is 254 g/mol. The third-order valence-corrected chi connectivity index (χ3v) is 4.17. The Hall–Kier alpha value is -2.67. The Labute approximate surface area is 123 Å². The summed E-state index contributed by atoms with van der Waals surface area (Å²) in [6.07, 6.45) is 3.72. The van der Waals surface area contributed by atoms with Crippen LogP contribution >= 0.6 is 0 Å². The van der Waals surface area contributed by atoms with Gasteiger partial charge in [0.15, 0.2) is 0 Å². The Kier molecular flexibility index (Phi) is 2.71. The van der Waals surface area contributed by atoms with E-state index in [4.69, 9.17) is 0 Å². The summed E-state index contributed by atoms with van der Waals surface area (Å²) < 4.78 is 0. The molecule has 4 rings (SSSR count). The maximum Gasteiger partial charge on any atom is 0.0273 e. The number of benzene rings is 3. The minimum atomic E-state index is 1.22. The first kappa shape index (κ1) is 12.1. The van der Waals surface area contributed by atoms with Gasteiger partial charge in [0, 0.05) is 12.4 Å². The molecule has 0 N–H and O–H groups in total. The lowest BCUT2D eigenvalue weighted by Gasteiger charge is -2.14. The third-order valence-electron chi connectivity index (χ3n) is 4.17. The average molecular weight is 269 g/mol. The molecule has 0 aliphatic carbocycles. The summed E-state index contributed by atoms with van der Waals surface area (Å²) in [4.78, 5) is 4.15. The third kappa shape index (κ3) is 1.82. The van der Waals surface area contributed by atoms with Gasteiger partial charge in [0.25, 0.3) is 0 Å². The molecule has 4 aromatic rings. The SMILES string of the molecule is Cc1c2ccccc2c(-c2ccncc2)c2ccccc12. The number of aromatic nitrogens is 1. The van der Waals surface area contributed by atoms with Gasteiger partial charge in [0.2, 0.25) is 0 Å². The minimum Gasteiger partial charge on any atom is -0.265 e. The van der Waals surface area contributed by atoms with Gasteiger partial charge in [-0.05, 0) is 57.3 Å². The van der Waals surface area contributed by atoms with E-state index in [0.29, 0.717) is 0 Å². The molecule has 0 bridgehead atoms. The van der Waals surface area contributed by atoms with E-state index in [2.05, 4.69) is 72.6 Å². The van der Waals surface area contributed by atoms with E-state index in [1.54, 1.807) is 0 Å². The van der Waals surface area contributed by atoms with Crippen molar-refractivity contribution in [2.75, 3.05) is 0 Å². The predicted molar refractivity (Wildman–Crippen MR) is 89.4 cm³/mol. The molecule has 1 heterocycles. The molecule has 0 amide bonds. The standard InChI is InChI=1S/C20H15N/c1-14-16-6-2-4-8-18(16)20(15-10-12-21-13-11-15)19-9-5-3-7-17(14)19/h2-13H,1H3. The van der Waals surface area contributed by atoms with Crippen LogP contribution in [0.3, 0.4) is 0 Å². The molecule has 1 heteroatoms. The second-order valence-electron chi connectivity index (χ2n) is 5.33. The van der Waals surface area contributed by atoms with E-state index in [-0.39, 0.29) is 0 Å². The molecule has 0 aliphatic rings. The van der Waals surface area contributed by atoms with Crippen molar-refractivity contribution in [3.05, 3.63) is 78.6 Å². The summed E-state index contributed by atoms with van der Waals surface area (Å²) in [5.41, 5.74) is 3.87. The number of hydrogen-bond acceptors (Lipinski definition) is 1. The summed E-state index contributed by atoms with van der Waals surface area (Å²) >= 11 is 0. The zero-order chi connectivity index (χ0) is 14.2. The molecule has 21 heavy (non-hydrogen) atoms. The topological polar surface area (TPSA) is 12.9 Å². The molecular formula is C20H15N. The van der Waals surface area contributed by atoms with Gasteiger partial charge in [0.05, 0.1) is 0 Å². The number of hydrogen-bond donors (Lipinski definition) is 0. The molecule has 100 valence electrons. The van der Waals surface area contributed by atoms with Crippen molar-refractivity contribution < 1.29 is 0 Å². The van der Waals surface area contributed by atoms with Crippen LogP contribution < -0.4 is 0 Å². The van der Waals surface area contributed by atoms with Crippen LogP contribution in [0.4, 0.5) is 0 Å². The molecule has 0 unspecified atom stereocenters. The molecule has 0 aliphatic heterocycles. The highest BCUT2D eigenvalue weighted by Crippen LogP contribution is 2.38. The van der Waals surface area contributed by atoms with Crippen molar-refractivity contribution >= 4 is 21.5 Å². The van der Waals surface area contributed by atoms with Crippen molar-refractivity contribution in [1.29, 1.82) is 0 Å². The fourth-order valence-electron chi connectivity index (χ4n) is 3.18. The molecule has 0 saturated heterocycles. The van der Waals surface area contributed by atoms with E-state index in [0.717, 1.165) is 0 Å². The molecule has 3 aromatic carbocycles. The van der Waals surface area contributed by atoms with Gasteiger partial charge in [-0.15, -0.1) is 0 Å².